The normalized spacial score (nSPS) is 11.5. The van der Waals surface area contributed by atoms with E-state index in [1.165, 1.54) is 28.5 Å². The third kappa shape index (κ3) is 7.01. The zero-order valence-corrected chi connectivity index (χ0v) is 20.8. The van der Waals surface area contributed by atoms with E-state index in [4.69, 9.17) is 0 Å². The van der Waals surface area contributed by atoms with Crippen LogP contribution in [-0.4, -0.2) is 21.2 Å². The van der Waals surface area contributed by atoms with Gasteiger partial charge >= 0.3 is 6.18 Å². The molecule has 1 N–H and O–H groups in total. The summed E-state index contributed by atoms with van der Waals surface area (Å²) in [5, 5.41) is 3.58. The Morgan fingerprint density at radius 2 is 1.68 bits per heavy atom. The predicted octanol–water partition coefficient (Wildman–Crippen LogP) is 6.37. The van der Waals surface area contributed by atoms with E-state index in [0.717, 1.165) is 30.5 Å². The number of nitrogens with one attached hydrogen (secondary N) is 1. The van der Waals surface area contributed by atoms with E-state index >= 15 is 0 Å². The van der Waals surface area contributed by atoms with Crippen LogP contribution in [0.1, 0.15) is 36.8 Å². The minimum absolute atomic E-state index is 0.00825. The molecule has 0 spiro atoms. The van der Waals surface area contributed by atoms with Gasteiger partial charge in [-0.05, 0) is 48.7 Å². The van der Waals surface area contributed by atoms with Gasteiger partial charge in [-0.3, -0.25) is 14.2 Å². The van der Waals surface area contributed by atoms with Crippen LogP contribution in [0.4, 0.5) is 13.2 Å². The molecule has 0 fully saturated rings. The molecule has 37 heavy (non-hydrogen) atoms. The number of para-hydroxylation sites is 1. The number of nitrogens with zero attached hydrogens (tertiary/aromatic N) is 2. The lowest BCUT2D eigenvalue weighted by Crippen LogP contribution is -2.22. The maximum Gasteiger partial charge on any atom is 0.416 e. The number of rotatable bonds is 10. The van der Waals surface area contributed by atoms with E-state index in [2.05, 4.69) is 10.3 Å². The number of unbranched alkanes of at least 4 members (excludes halogenated alkanes) is 2. The van der Waals surface area contributed by atoms with Gasteiger partial charge in [-0.2, -0.15) is 13.2 Å². The first-order valence-corrected chi connectivity index (χ1v) is 12.9. The van der Waals surface area contributed by atoms with E-state index < -0.39 is 17.3 Å². The summed E-state index contributed by atoms with van der Waals surface area (Å²) in [6.45, 7) is 0.496. The van der Waals surface area contributed by atoms with Gasteiger partial charge < -0.3 is 5.32 Å². The highest BCUT2D eigenvalue weighted by Crippen LogP contribution is 2.31. The minimum atomic E-state index is -4.52. The van der Waals surface area contributed by atoms with E-state index in [-0.39, 0.29) is 11.6 Å². The van der Waals surface area contributed by atoms with Crippen LogP contribution in [0.15, 0.2) is 88.8 Å². The number of hydrogen-bond acceptors (Lipinski definition) is 4. The molecule has 4 rings (SSSR count). The Morgan fingerprint density at radius 3 is 2.46 bits per heavy atom. The van der Waals surface area contributed by atoms with Crippen LogP contribution >= 0.6 is 11.8 Å². The Bertz CT molecular complexity index is 1420. The van der Waals surface area contributed by atoms with Crippen molar-refractivity contribution in [3.05, 3.63) is 100 Å². The van der Waals surface area contributed by atoms with Crippen molar-refractivity contribution in [1.29, 1.82) is 0 Å². The fourth-order valence-electron chi connectivity index (χ4n) is 3.87. The summed E-state index contributed by atoms with van der Waals surface area (Å²) >= 11 is 1.32. The molecule has 1 heterocycles. The molecule has 192 valence electrons. The van der Waals surface area contributed by atoms with Crippen molar-refractivity contribution in [2.45, 2.75) is 43.6 Å². The van der Waals surface area contributed by atoms with Crippen LogP contribution < -0.4 is 10.9 Å². The van der Waals surface area contributed by atoms with Crippen molar-refractivity contribution >= 4 is 28.6 Å². The number of aromatic nitrogens is 2. The second-order valence-electron chi connectivity index (χ2n) is 8.52. The van der Waals surface area contributed by atoms with Gasteiger partial charge in [0.2, 0.25) is 5.91 Å². The van der Waals surface area contributed by atoms with Crippen LogP contribution in [0.25, 0.3) is 16.6 Å². The molecule has 3 aromatic carbocycles. The maximum absolute atomic E-state index is 13.3. The van der Waals surface area contributed by atoms with Crippen molar-refractivity contribution in [3.63, 3.8) is 0 Å². The van der Waals surface area contributed by atoms with Crippen molar-refractivity contribution in [1.82, 2.24) is 14.9 Å². The van der Waals surface area contributed by atoms with Crippen molar-refractivity contribution < 1.29 is 18.0 Å². The number of halogens is 3. The molecule has 0 saturated heterocycles. The molecule has 4 aromatic rings. The number of carbonyl (C=O) groups is 1. The predicted molar refractivity (Wildman–Crippen MR) is 140 cm³/mol. The molecule has 1 amide bonds. The second-order valence-corrected chi connectivity index (χ2v) is 9.58. The van der Waals surface area contributed by atoms with Gasteiger partial charge in [0.25, 0.3) is 5.56 Å². The van der Waals surface area contributed by atoms with Crippen LogP contribution in [0.5, 0.6) is 0 Å². The summed E-state index contributed by atoms with van der Waals surface area (Å²) in [7, 11) is 0. The van der Waals surface area contributed by atoms with E-state index in [0.29, 0.717) is 41.2 Å². The molecule has 5 nitrogen and oxygen atoms in total. The number of benzene rings is 3. The Labute approximate surface area is 216 Å². The van der Waals surface area contributed by atoms with Gasteiger partial charge in [0.15, 0.2) is 5.16 Å². The molecule has 0 aliphatic heterocycles. The molecule has 0 aliphatic rings. The number of amides is 1. The van der Waals surface area contributed by atoms with Gasteiger partial charge in [-0.25, -0.2) is 4.98 Å². The minimum Gasteiger partial charge on any atom is -0.352 e. The summed E-state index contributed by atoms with van der Waals surface area (Å²) in [6.07, 6.45) is -1.83. The highest BCUT2D eigenvalue weighted by atomic mass is 32.2. The monoisotopic (exact) mass is 525 g/mol. The summed E-state index contributed by atoms with van der Waals surface area (Å²) in [5.74, 6) is 0.598. The standard InChI is InChI=1S/C28H26F3N3O2S/c29-28(30,31)21-12-9-13-22(18-21)34-26(36)23-14-6-7-15-24(23)33-27(34)37-17-8-2-5-16-25(35)32-19-20-10-3-1-4-11-20/h1,3-4,6-7,9-15,18H,2,5,8,16-17,19H2,(H,32,35). The molecule has 0 bridgehead atoms. The van der Waals surface area contributed by atoms with Crippen molar-refractivity contribution in [3.8, 4) is 5.69 Å². The summed E-state index contributed by atoms with van der Waals surface area (Å²) in [5.41, 5.74) is 0.417. The molecule has 0 radical (unpaired) electrons. The third-order valence-corrected chi connectivity index (χ3v) is 6.81. The van der Waals surface area contributed by atoms with Gasteiger partial charge in [0.1, 0.15) is 0 Å². The summed E-state index contributed by atoms with van der Waals surface area (Å²) < 4.78 is 41.2. The molecule has 0 saturated carbocycles. The van der Waals surface area contributed by atoms with Crippen LogP contribution in [0, 0.1) is 0 Å². The fourth-order valence-corrected chi connectivity index (χ4v) is 4.88. The molecule has 0 atom stereocenters. The topological polar surface area (TPSA) is 64.0 Å². The zero-order chi connectivity index (χ0) is 26.3. The lowest BCUT2D eigenvalue weighted by molar-refractivity contribution is -0.137. The van der Waals surface area contributed by atoms with Crippen LogP contribution in [0.2, 0.25) is 0 Å². The van der Waals surface area contributed by atoms with Crippen molar-refractivity contribution in [2.24, 2.45) is 0 Å². The summed E-state index contributed by atoms with van der Waals surface area (Å²) in [6, 6.07) is 21.2. The lowest BCUT2D eigenvalue weighted by atomic mass is 10.2. The second kappa shape index (κ2) is 12.1. The average Bonchev–Trinajstić information content (AvgIpc) is 2.90. The van der Waals surface area contributed by atoms with Crippen LogP contribution in [-0.2, 0) is 17.5 Å². The molecular weight excluding hydrogens is 499 g/mol. The number of carbonyl (C=O) groups excluding carboxylic acids is 1. The Hall–Kier alpha value is -3.59. The molecule has 1 aromatic heterocycles. The van der Waals surface area contributed by atoms with Gasteiger partial charge in [-0.1, -0.05) is 66.7 Å². The first kappa shape index (κ1) is 26.5. The number of thioether (sulfide) groups is 1. The van der Waals surface area contributed by atoms with Crippen LogP contribution in [0.3, 0.4) is 0 Å². The largest absolute Gasteiger partial charge is 0.416 e. The SMILES string of the molecule is O=C(CCCCCSc1nc2ccccc2c(=O)n1-c1cccc(C(F)(F)F)c1)NCc1ccccc1. The van der Waals surface area contributed by atoms with Gasteiger partial charge in [0, 0.05) is 18.7 Å². The molecule has 9 heteroatoms. The third-order valence-electron chi connectivity index (χ3n) is 5.79. The number of alkyl halides is 3. The fraction of sp³-hybridized carbons (Fsp3) is 0.250. The Balaban J connectivity index is 1.39. The quantitative estimate of drug-likeness (QED) is 0.148. The number of hydrogen-bond donors (Lipinski definition) is 1. The lowest BCUT2D eigenvalue weighted by Gasteiger charge is -2.15. The Kier molecular flexibility index (Phi) is 8.66. The average molecular weight is 526 g/mol. The molecule has 0 aliphatic carbocycles. The first-order chi connectivity index (χ1) is 17.8. The first-order valence-electron chi connectivity index (χ1n) is 12.0. The highest BCUT2D eigenvalue weighted by Gasteiger charge is 2.31. The smallest absolute Gasteiger partial charge is 0.352 e. The number of fused-ring (bicyclic) bond motifs is 1. The summed E-state index contributed by atoms with van der Waals surface area (Å²) in [4.78, 5) is 29.9. The maximum atomic E-state index is 13.3. The van der Waals surface area contributed by atoms with E-state index in [9.17, 15) is 22.8 Å². The van der Waals surface area contributed by atoms with E-state index in [1.807, 2.05) is 30.3 Å². The molecular formula is C28H26F3N3O2S. The zero-order valence-electron chi connectivity index (χ0n) is 20.0. The van der Waals surface area contributed by atoms with Crippen molar-refractivity contribution in [2.75, 3.05) is 5.75 Å². The van der Waals surface area contributed by atoms with Gasteiger partial charge in [-0.15, -0.1) is 0 Å². The van der Waals surface area contributed by atoms with Gasteiger partial charge in [0.05, 0.1) is 22.2 Å². The molecule has 0 unspecified atom stereocenters. The van der Waals surface area contributed by atoms with E-state index in [1.54, 1.807) is 24.3 Å². The highest BCUT2D eigenvalue weighted by molar-refractivity contribution is 7.99. The Morgan fingerprint density at radius 1 is 0.919 bits per heavy atom.